The van der Waals surface area contributed by atoms with E-state index >= 15 is 0 Å². The zero-order valence-corrected chi connectivity index (χ0v) is 20.1. The third-order valence-electron chi connectivity index (χ3n) is 6.36. The Morgan fingerprint density at radius 2 is 1.85 bits per heavy atom. The minimum Gasteiger partial charge on any atom is -0.481 e. The molecule has 1 aliphatic heterocycles. The smallest absolute Gasteiger partial charge is 0.261 e. The lowest BCUT2D eigenvalue weighted by Crippen LogP contribution is -2.39. The van der Waals surface area contributed by atoms with Gasteiger partial charge in [0.15, 0.2) is 6.10 Å². The molecule has 2 atom stereocenters. The summed E-state index contributed by atoms with van der Waals surface area (Å²) in [4.78, 5) is 27.2. The first kappa shape index (κ1) is 23.6. The lowest BCUT2D eigenvalue weighted by atomic mass is 9.87. The molecule has 1 N–H and O–H groups in total. The van der Waals surface area contributed by atoms with Crippen LogP contribution in [0.2, 0.25) is 0 Å². The molecule has 0 saturated carbocycles. The topological polar surface area (TPSA) is 58.6 Å². The number of carbonyl (C=O) groups excluding carboxylic acids is 2. The van der Waals surface area contributed by atoms with Crippen LogP contribution in [0.25, 0.3) is 0 Å². The fraction of sp³-hybridized carbons (Fsp3) is 0.310. The van der Waals surface area contributed by atoms with E-state index in [2.05, 4.69) is 36.5 Å². The molecule has 0 aliphatic carbocycles. The molecule has 5 heteroatoms. The molecule has 0 spiro atoms. The Kier molecular flexibility index (Phi) is 7.31. The van der Waals surface area contributed by atoms with Gasteiger partial charge in [0, 0.05) is 20.0 Å². The highest BCUT2D eigenvalue weighted by Gasteiger charge is 2.31. The summed E-state index contributed by atoms with van der Waals surface area (Å²) < 4.78 is 6.17. The maximum Gasteiger partial charge on any atom is 0.261 e. The molecule has 0 saturated heterocycles. The molecule has 0 fully saturated rings. The SMILES string of the molecule is CCC(Oc1ccc2c(c1)C(c1cccc(C)c1)N(C(C)=O)CC2)C(=O)NCc1ccccc1. The number of rotatable bonds is 7. The summed E-state index contributed by atoms with van der Waals surface area (Å²) in [6.45, 7) is 6.77. The fourth-order valence-electron chi connectivity index (χ4n) is 4.59. The third-order valence-corrected chi connectivity index (χ3v) is 6.36. The first-order valence-electron chi connectivity index (χ1n) is 11.9. The van der Waals surface area contributed by atoms with Crippen LogP contribution in [0.15, 0.2) is 72.8 Å². The van der Waals surface area contributed by atoms with Crippen LogP contribution in [-0.2, 0) is 22.6 Å². The number of hydrogen-bond donors (Lipinski definition) is 1. The molecular formula is C29H32N2O3. The summed E-state index contributed by atoms with van der Waals surface area (Å²) in [6.07, 6.45) is 0.761. The molecule has 176 valence electrons. The van der Waals surface area contributed by atoms with Crippen molar-refractivity contribution < 1.29 is 14.3 Å². The number of hydrogen-bond acceptors (Lipinski definition) is 3. The van der Waals surface area contributed by atoms with Crippen LogP contribution >= 0.6 is 0 Å². The summed E-state index contributed by atoms with van der Waals surface area (Å²) in [5, 5.41) is 2.98. The van der Waals surface area contributed by atoms with Gasteiger partial charge in [-0.2, -0.15) is 0 Å². The van der Waals surface area contributed by atoms with Crippen LogP contribution in [-0.4, -0.2) is 29.4 Å². The quantitative estimate of drug-likeness (QED) is 0.547. The lowest BCUT2D eigenvalue weighted by molar-refractivity contribution is -0.131. The number of aryl methyl sites for hydroxylation is 1. The molecule has 34 heavy (non-hydrogen) atoms. The Balaban J connectivity index is 1.57. The van der Waals surface area contributed by atoms with Crippen LogP contribution in [0, 0.1) is 6.92 Å². The zero-order chi connectivity index (χ0) is 24.1. The number of ether oxygens (including phenoxy) is 1. The number of benzene rings is 3. The van der Waals surface area contributed by atoms with Crippen molar-refractivity contribution in [3.63, 3.8) is 0 Å². The third kappa shape index (κ3) is 5.30. The minimum absolute atomic E-state index is 0.0511. The molecular weight excluding hydrogens is 424 g/mol. The Morgan fingerprint density at radius 1 is 1.06 bits per heavy atom. The molecule has 0 radical (unpaired) electrons. The van der Waals surface area contributed by atoms with E-state index in [0.717, 1.165) is 28.7 Å². The molecule has 5 nitrogen and oxygen atoms in total. The van der Waals surface area contributed by atoms with Crippen molar-refractivity contribution in [3.05, 3.63) is 101 Å². The molecule has 4 rings (SSSR count). The summed E-state index contributed by atoms with van der Waals surface area (Å²) in [6, 6.07) is 24.0. The number of nitrogens with one attached hydrogen (secondary N) is 1. The van der Waals surface area contributed by atoms with Crippen LogP contribution in [0.5, 0.6) is 5.75 Å². The van der Waals surface area contributed by atoms with Gasteiger partial charge in [-0.3, -0.25) is 9.59 Å². The van der Waals surface area contributed by atoms with Crippen molar-refractivity contribution in [1.82, 2.24) is 10.2 Å². The first-order valence-corrected chi connectivity index (χ1v) is 11.9. The summed E-state index contributed by atoms with van der Waals surface area (Å²) >= 11 is 0. The molecule has 3 aromatic carbocycles. The van der Waals surface area contributed by atoms with E-state index in [-0.39, 0.29) is 17.9 Å². The van der Waals surface area contributed by atoms with Gasteiger partial charge in [-0.1, -0.05) is 73.2 Å². The fourth-order valence-corrected chi connectivity index (χ4v) is 4.59. The van der Waals surface area contributed by atoms with Gasteiger partial charge in [0.2, 0.25) is 5.91 Å². The van der Waals surface area contributed by atoms with Gasteiger partial charge in [0.05, 0.1) is 6.04 Å². The van der Waals surface area contributed by atoms with Crippen molar-refractivity contribution >= 4 is 11.8 Å². The minimum atomic E-state index is -0.591. The van der Waals surface area contributed by atoms with E-state index in [1.165, 1.54) is 5.56 Å². The molecule has 2 amide bonds. The molecule has 2 unspecified atom stereocenters. The maximum atomic E-state index is 12.8. The number of carbonyl (C=O) groups is 2. The second-order valence-electron chi connectivity index (χ2n) is 8.86. The molecule has 1 aliphatic rings. The zero-order valence-electron chi connectivity index (χ0n) is 20.1. The van der Waals surface area contributed by atoms with Gasteiger partial charge < -0.3 is 15.0 Å². The van der Waals surface area contributed by atoms with Crippen molar-refractivity contribution in [3.8, 4) is 5.75 Å². The summed E-state index contributed by atoms with van der Waals surface area (Å²) in [5.41, 5.74) is 5.55. The van der Waals surface area contributed by atoms with Gasteiger partial charge >= 0.3 is 0 Å². The van der Waals surface area contributed by atoms with Crippen molar-refractivity contribution in [2.24, 2.45) is 0 Å². The monoisotopic (exact) mass is 456 g/mol. The van der Waals surface area contributed by atoms with E-state index in [9.17, 15) is 9.59 Å². The van der Waals surface area contributed by atoms with Crippen molar-refractivity contribution in [1.29, 1.82) is 0 Å². The first-order chi connectivity index (χ1) is 16.5. The summed E-state index contributed by atoms with van der Waals surface area (Å²) in [7, 11) is 0. The van der Waals surface area contributed by atoms with E-state index < -0.39 is 6.10 Å². The maximum absolute atomic E-state index is 12.8. The number of nitrogens with zero attached hydrogens (tertiary/aromatic N) is 1. The Hall–Kier alpha value is -3.60. The second kappa shape index (κ2) is 10.6. The van der Waals surface area contributed by atoms with Crippen LogP contribution < -0.4 is 10.1 Å². The number of fused-ring (bicyclic) bond motifs is 1. The van der Waals surface area contributed by atoms with E-state index in [4.69, 9.17) is 4.74 Å². The highest BCUT2D eigenvalue weighted by molar-refractivity contribution is 5.81. The Labute approximate surface area is 201 Å². The average Bonchev–Trinajstić information content (AvgIpc) is 2.85. The Morgan fingerprint density at radius 3 is 2.56 bits per heavy atom. The molecule has 0 bridgehead atoms. The van der Waals surface area contributed by atoms with Crippen LogP contribution in [0.4, 0.5) is 0 Å². The largest absolute Gasteiger partial charge is 0.481 e. The highest BCUT2D eigenvalue weighted by Crippen LogP contribution is 2.37. The standard InChI is InChI=1S/C29H32N2O3/c1-4-27(29(33)30-19-22-10-6-5-7-11-22)34-25-14-13-23-15-16-31(21(3)32)28(26(23)18-25)24-12-8-9-20(2)17-24/h5-14,17-18,27-28H,4,15-16,19H2,1-3H3,(H,30,33). The van der Waals surface area contributed by atoms with Crippen molar-refractivity contribution in [2.45, 2.75) is 52.3 Å². The Bertz CT molecular complexity index is 1160. The number of amides is 2. The van der Waals surface area contributed by atoms with Gasteiger partial charge in [0.25, 0.3) is 5.91 Å². The molecule has 3 aromatic rings. The predicted octanol–water partition coefficient (Wildman–Crippen LogP) is 4.96. The lowest BCUT2D eigenvalue weighted by Gasteiger charge is -2.37. The van der Waals surface area contributed by atoms with E-state index in [1.54, 1.807) is 6.92 Å². The van der Waals surface area contributed by atoms with Gasteiger partial charge in [-0.25, -0.2) is 0 Å². The predicted molar refractivity (Wildman–Crippen MR) is 134 cm³/mol. The molecule has 0 aromatic heterocycles. The van der Waals surface area contributed by atoms with E-state index in [1.807, 2.05) is 60.4 Å². The van der Waals surface area contributed by atoms with Gasteiger partial charge in [-0.05, 0) is 54.2 Å². The van der Waals surface area contributed by atoms with Gasteiger partial charge in [-0.15, -0.1) is 0 Å². The van der Waals surface area contributed by atoms with Gasteiger partial charge in [0.1, 0.15) is 5.75 Å². The van der Waals surface area contributed by atoms with Crippen molar-refractivity contribution in [2.75, 3.05) is 6.54 Å². The highest BCUT2D eigenvalue weighted by atomic mass is 16.5. The average molecular weight is 457 g/mol. The van der Waals surface area contributed by atoms with E-state index in [0.29, 0.717) is 25.3 Å². The second-order valence-corrected chi connectivity index (χ2v) is 8.86. The van der Waals surface area contributed by atoms with Crippen LogP contribution in [0.1, 0.15) is 54.1 Å². The molecule has 1 heterocycles. The van der Waals surface area contributed by atoms with Crippen LogP contribution in [0.3, 0.4) is 0 Å². The summed E-state index contributed by atoms with van der Waals surface area (Å²) in [5.74, 6) is 0.559. The normalized spacial score (nSPS) is 15.9.